The molecule has 0 saturated carbocycles. The van der Waals surface area contributed by atoms with Crippen LogP contribution in [-0.4, -0.2) is 14.9 Å². The first-order valence-corrected chi connectivity index (χ1v) is 8.10. The second-order valence-electron chi connectivity index (χ2n) is 5.47. The number of ketones is 1. The maximum absolute atomic E-state index is 13.0. The zero-order valence-electron chi connectivity index (χ0n) is 13.0. The molecule has 0 atom stereocenters. The van der Waals surface area contributed by atoms with Crippen LogP contribution in [0.2, 0.25) is 0 Å². The molecule has 0 spiro atoms. The maximum atomic E-state index is 13.0. The van der Waals surface area contributed by atoms with E-state index >= 15 is 0 Å². The van der Waals surface area contributed by atoms with Gasteiger partial charge in [-0.25, -0.2) is 4.39 Å². The van der Waals surface area contributed by atoms with Gasteiger partial charge >= 0.3 is 0 Å². The van der Waals surface area contributed by atoms with Crippen molar-refractivity contribution in [1.29, 1.82) is 5.41 Å². The Morgan fingerprint density at radius 1 is 1.21 bits per heavy atom. The average molecular weight is 388 g/mol. The quantitative estimate of drug-likeness (QED) is 0.680. The number of halogens is 2. The number of Topliss-reactive ketones (excluding diaryl/α,β-unsaturated/α-hetero) is 1. The number of aromatic nitrogens is 2. The molecule has 0 aliphatic carbocycles. The third-order valence-electron chi connectivity index (χ3n) is 3.83. The fourth-order valence-corrected chi connectivity index (χ4v) is 2.92. The molecule has 1 heterocycles. The molecule has 1 N–H and O–H groups in total. The summed E-state index contributed by atoms with van der Waals surface area (Å²) in [5.74, 6) is -0.545. The van der Waals surface area contributed by atoms with E-state index in [2.05, 4.69) is 15.9 Å². The van der Waals surface area contributed by atoms with Crippen LogP contribution in [0.1, 0.15) is 10.4 Å². The van der Waals surface area contributed by atoms with Gasteiger partial charge in [0.25, 0.3) is 0 Å². The van der Waals surface area contributed by atoms with E-state index in [-0.39, 0.29) is 23.8 Å². The van der Waals surface area contributed by atoms with Crippen LogP contribution < -0.4 is 5.62 Å². The van der Waals surface area contributed by atoms with E-state index in [9.17, 15) is 9.18 Å². The van der Waals surface area contributed by atoms with E-state index < -0.39 is 0 Å². The lowest BCUT2D eigenvalue weighted by Gasteiger charge is -2.02. The van der Waals surface area contributed by atoms with E-state index in [1.807, 2.05) is 24.3 Å². The number of imidazole rings is 1. The number of hydrogen-bond donors (Lipinski definition) is 1. The number of nitrogens with zero attached hydrogens (tertiary/aromatic N) is 2. The second kappa shape index (κ2) is 6.57. The Labute approximate surface area is 146 Å². The fourth-order valence-electron chi connectivity index (χ4n) is 2.52. The van der Waals surface area contributed by atoms with Crippen LogP contribution in [-0.2, 0) is 13.6 Å². The Hall–Kier alpha value is -2.47. The van der Waals surface area contributed by atoms with Gasteiger partial charge in [0, 0.05) is 28.8 Å². The minimum Gasteiger partial charge on any atom is -0.314 e. The highest BCUT2D eigenvalue weighted by Gasteiger charge is 2.12. The Balaban J connectivity index is 1.92. The van der Waals surface area contributed by atoms with Gasteiger partial charge in [0.1, 0.15) is 5.82 Å². The summed E-state index contributed by atoms with van der Waals surface area (Å²) in [6, 6.07) is 13.2. The summed E-state index contributed by atoms with van der Waals surface area (Å²) >= 11 is 3.44. The smallest absolute Gasteiger partial charge is 0.202 e. The summed E-state index contributed by atoms with van der Waals surface area (Å²) in [6.07, 6.45) is 1.78. The summed E-state index contributed by atoms with van der Waals surface area (Å²) in [5.41, 5.74) is 2.44. The normalized spacial score (nSPS) is 10.8. The lowest BCUT2D eigenvalue weighted by Crippen LogP contribution is -2.25. The van der Waals surface area contributed by atoms with Gasteiger partial charge in [-0.1, -0.05) is 28.1 Å². The molecule has 24 heavy (non-hydrogen) atoms. The van der Waals surface area contributed by atoms with Crippen LogP contribution in [0.15, 0.2) is 59.2 Å². The third kappa shape index (κ3) is 3.23. The van der Waals surface area contributed by atoms with Crippen LogP contribution in [0.3, 0.4) is 0 Å². The highest BCUT2D eigenvalue weighted by Crippen LogP contribution is 2.21. The zero-order chi connectivity index (χ0) is 17.3. The Bertz CT molecular complexity index is 957. The summed E-state index contributed by atoms with van der Waals surface area (Å²) < 4.78 is 17.2. The van der Waals surface area contributed by atoms with Gasteiger partial charge < -0.3 is 9.13 Å². The molecule has 6 heteroatoms. The molecule has 0 bridgehead atoms. The minimum absolute atomic E-state index is 0.0340. The van der Waals surface area contributed by atoms with Gasteiger partial charge in [-0.3, -0.25) is 10.2 Å². The van der Waals surface area contributed by atoms with E-state index in [1.165, 1.54) is 24.3 Å². The van der Waals surface area contributed by atoms with Crippen molar-refractivity contribution in [3.05, 3.63) is 76.2 Å². The van der Waals surface area contributed by atoms with Crippen molar-refractivity contribution >= 4 is 21.7 Å². The SMILES string of the molecule is Cn1c(-c2cccc(Br)c2)cn(CC(=O)c2ccc(F)cc2)c1=N. The van der Waals surface area contributed by atoms with E-state index in [4.69, 9.17) is 5.41 Å². The van der Waals surface area contributed by atoms with Gasteiger partial charge in [0.2, 0.25) is 5.62 Å². The molecule has 3 rings (SSSR count). The van der Waals surface area contributed by atoms with E-state index in [0.717, 1.165) is 15.7 Å². The molecule has 0 aliphatic heterocycles. The maximum Gasteiger partial charge on any atom is 0.202 e. The summed E-state index contributed by atoms with van der Waals surface area (Å²) in [7, 11) is 1.79. The third-order valence-corrected chi connectivity index (χ3v) is 4.32. The van der Waals surface area contributed by atoms with Crippen LogP contribution >= 0.6 is 15.9 Å². The largest absolute Gasteiger partial charge is 0.314 e. The topological polar surface area (TPSA) is 50.8 Å². The lowest BCUT2D eigenvalue weighted by molar-refractivity contribution is 0.0970. The molecule has 4 nitrogen and oxygen atoms in total. The summed E-state index contributed by atoms with van der Waals surface area (Å²) in [4.78, 5) is 12.3. The van der Waals surface area contributed by atoms with Gasteiger partial charge in [0.05, 0.1) is 12.2 Å². The fraction of sp³-hybridized carbons (Fsp3) is 0.111. The van der Waals surface area contributed by atoms with Crippen molar-refractivity contribution in [3.8, 4) is 11.3 Å². The highest BCUT2D eigenvalue weighted by atomic mass is 79.9. The molecule has 0 aliphatic rings. The van der Waals surface area contributed by atoms with E-state index in [0.29, 0.717) is 5.56 Å². The molecule has 1 aromatic heterocycles. The number of benzene rings is 2. The zero-order valence-corrected chi connectivity index (χ0v) is 14.5. The Morgan fingerprint density at radius 2 is 1.92 bits per heavy atom. The summed E-state index contributed by atoms with van der Waals surface area (Å²) in [6.45, 7) is 0.0340. The Morgan fingerprint density at radius 3 is 2.58 bits per heavy atom. The van der Waals surface area contributed by atoms with Crippen LogP contribution in [0, 0.1) is 11.2 Å². The number of rotatable bonds is 4. The number of nitrogens with one attached hydrogen (secondary N) is 1. The molecule has 0 amide bonds. The van der Waals surface area contributed by atoms with Crippen molar-refractivity contribution in [2.45, 2.75) is 6.54 Å². The first kappa shape index (κ1) is 16.4. The van der Waals surface area contributed by atoms with Crippen molar-refractivity contribution in [3.63, 3.8) is 0 Å². The molecule has 0 radical (unpaired) electrons. The predicted molar refractivity (Wildman–Crippen MR) is 93.1 cm³/mol. The van der Waals surface area contributed by atoms with Gasteiger partial charge in [0.15, 0.2) is 5.78 Å². The van der Waals surface area contributed by atoms with Crippen molar-refractivity contribution in [1.82, 2.24) is 9.13 Å². The monoisotopic (exact) mass is 387 g/mol. The highest BCUT2D eigenvalue weighted by molar-refractivity contribution is 9.10. The van der Waals surface area contributed by atoms with E-state index in [1.54, 1.807) is 22.4 Å². The molecule has 3 aromatic rings. The molecule has 0 saturated heterocycles. The number of carbonyl (C=O) groups is 1. The number of carbonyl (C=O) groups excluding carboxylic acids is 1. The second-order valence-corrected chi connectivity index (χ2v) is 6.38. The van der Waals surface area contributed by atoms with Gasteiger partial charge in [-0.05, 0) is 36.4 Å². The molecular formula is C18H15BrFN3O. The first-order valence-electron chi connectivity index (χ1n) is 7.31. The molecular weight excluding hydrogens is 373 g/mol. The van der Waals surface area contributed by atoms with Crippen molar-refractivity contribution < 1.29 is 9.18 Å². The molecule has 0 fully saturated rings. The van der Waals surface area contributed by atoms with Crippen LogP contribution in [0.4, 0.5) is 4.39 Å². The van der Waals surface area contributed by atoms with Crippen LogP contribution in [0.5, 0.6) is 0 Å². The van der Waals surface area contributed by atoms with Crippen molar-refractivity contribution in [2.75, 3.05) is 0 Å². The minimum atomic E-state index is -0.378. The standard InChI is InChI=1S/C18H15BrFN3O/c1-22-16(13-3-2-4-14(19)9-13)10-23(18(22)21)11-17(24)12-5-7-15(20)8-6-12/h2-10,21H,11H2,1H3. The molecule has 2 aromatic carbocycles. The van der Waals surface area contributed by atoms with Gasteiger partial charge in [-0.15, -0.1) is 0 Å². The first-order chi connectivity index (χ1) is 11.5. The molecule has 0 unspecified atom stereocenters. The molecule has 122 valence electrons. The predicted octanol–water partition coefficient (Wildman–Crippen LogP) is 3.76. The Kier molecular flexibility index (Phi) is 4.49. The van der Waals surface area contributed by atoms with Crippen LogP contribution in [0.25, 0.3) is 11.3 Å². The lowest BCUT2D eigenvalue weighted by atomic mass is 10.1. The van der Waals surface area contributed by atoms with Crippen molar-refractivity contribution in [2.24, 2.45) is 7.05 Å². The number of hydrogen-bond acceptors (Lipinski definition) is 2. The average Bonchev–Trinajstić information content (AvgIpc) is 2.84. The summed E-state index contributed by atoms with van der Waals surface area (Å²) in [5, 5.41) is 8.21. The van der Waals surface area contributed by atoms with Gasteiger partial charge in [-0.2, -0.15) is 0 Å².